The van der Waals surface area contributed by atoms with E-state index in [1.807, 2.05) is 18.2 Å². The first-order valence-electron chi connectivity index (χ1n) is 6.60. The molecule has 0 saturated carbocycles. The highest BCUT2D eigenvalue weighted by atomic mass is 16.5. The molecule has 1 aliphatic heterocycles. The van der Waals surface area contributed by atoms with Gasteiger partial charge in [0.1, 0.15) is 5.65 Å². The third kappa shape index (κ3) is 2.26. The van der Waals surface area contributed by atoms with E-state index in [-0.39, 0.29) is 0 Å². The van der Waals surface area contributed by atoms with E-state index in [9.17, 15) is 0 Å². The Bertz CT molecular complexity index is 529. The van der Waals surface area contributed by atoms with Crippen LogP contribution in [-0.2, 0) is 17.7 Å². The van der Waals surface area contributed by atoms with E-state index in [2.05, 4.69) is 15.6 Å². The van der Waals surface area contributed by atoms with E-state index in [1.54, 1.807) is 0 Å². The van der Waals surface area contributed by atoms with Crippen LogP contribution in [0.25, 0.3) is 5.65 Å². The van der Waals surface area contributed by atoms with E-state index >= 15 is 0 Å². The van der Waals surface area contributed by atoms with Crippen LogP contribution < -0.4 is 5.73 Å². The summed E-state index contributed by atoms with van der Waals surface area (Å²) in [6, 6.07) is 6.10. The monoisotopic (exact) mass is 245 g/mol. The zero-order chi connectivity index (χ0) is 12.4. The fourth-order valence-corrected chi connectivity index (χ4v) is 2.63. The van der Waals surface area contributed by atoms with Gasteiger partial charge in [0.15, 0.2) is 0 Å². The van der Waals surface area contributed by atoms with Crippen LogP contribution in [0.15, 0.2) is 24.4 Å². The largest absolute Gasteiger partial charge is 0.381 e. The topological polar surface area (TPSA) is 52.5 Å². The zero-order valence-corrected chi connectivity index (χ0v) is 10.5. The number of pyridine rings is 1. The number of aromatic nitrogens is 2. The second-order valence-corrected chi connectivity index (χ2v) is 4.94. The maximum absolute atomic E-state index is 5.74. The van der Waals surface area contributed by atoms with Gasteiger partial charge in [-0.1, -0.05) is 6.07 Å². The van der Waals surface area contributed by atoms with Crippen molar-refractivity contribution in [3.05, 3.63) is 35.8 Å². The quantitative estimate of drug-likeness (QED) is 0.896. The van der Waals surface area contributed by atoms with E-state index in [4.69, 9.17) is 10.5 Å². The van der Waals surface area contributed by atoms with Crippen molar-refractivity contribution in [2.24, 2.45) is 11.7 Å². The molecule has 0 radical (unpaired) electrons. The minimum atomic E-state index is 0.546. The number of hydrogen-bond donors (Lipinski definition) is 1. The Morgan fingerprint density at radius 2 is 2.17 bits per heavy atom. The van der Waals surface area contributed by atoms with Crippen molar-refractivity contribution in [2.75, 3.05) is 13.2 Å². The molecule has 1 aliphatic rings. The number of ether oxygens (including phenoxy) is 1. The molecule has 1 saturated heterocycles. The molecule has 4 heteroatoms. The molecule has 0 unspecified atom stereocenters. The summed E-state index contributed by atoms with van der Waals surface area (Å²) in [6.07, 6.45) is 5.48. The van der Waals surface area contributed by atoms with Gasteiger partial charge in [0.2, 0.25) is 0 Å². The predicted molar refractivity (Wildman–Crippen MR) is 70.3 cm³/mol. The highest BCUT2D eigenvalue weighted by Gasteiger charge is 2.16. The van der Waals surface area contributed by atoms with Gasteiger partial charge in [0.25, 0.3) is 0 Å². The summed E-state index contributed by atoms with van der Waals surface area (Å²) >= 11 is 0. The molecule has 0 amide bonds. The lowest BCUT2D eigenvalue weighted by atomic mass is 9.95. The SMILES string of the molecule is NCc1cccc2nc(CC3CCOCC3)cn12. The van der Waals surface area contributed by atoms with Gasteiger partial charge in [-0.15, -0.1) is 0 Å². The molecule has 3 heterocycles. The van der Waals surface area contributed by atoms with Crippen LogP contribution in [0.5, 0.6) is 0 Å². The normalized spacial score (nSPS) is 17.4. The highest BCUT2D eigenvalue weighted by Crippen LogP contribution is 2.20. The fourth-order valence-electron chi connectivity index (χ4n) is 2.63. The Balaban J connectivity index is 1.84. The Labute approximate surface area is 107 Å². The molecule has 0 spiro atoms. The van der Waals surface area contributed by atoms with Crippen molar-refractivity contribution in [1.82, 2.24) is 9.38 Å². The van der Waals surface area contributed by atoms with Crippen LogP contribution in [0.1, 0.15) is 24.2 Å². The molecule has 96 valence electrons. The van der Waals surface area contributed by atoms with Crippen LogP contribution >= 0.6 is 0 Å². The number of imidazole rings is 1. The summed E-state index contributed by atoms with van der Waals surface area (Å²) in [5.41, 5.74) is 9.02. The molecule has 0 aliphatic carbocycles. The maximum atomic E-state index is 5.74. The van der Waals surface area contributed by atoms with Gasteiger partial charge in [-0.05, 0) is 37.3 Å². The number of nitrogens with zero attached hydrogens (tertiary/aromatic N) is 2. The molecular weight excluding hydrogens is 226 g/mol. The molecule has 2 N–H and O–H groups in total. The molecule has 18 heavy (non-hydrogen) atoms. The lowest BCUT2D eigenvalue weighted by Gasteiger charge is -2.20. The fraction of sp³-hybridized carbons (Fsp3) is 0.500. The second kappa shape index (κ2) is 5.08. The summed E-state index contributed by atoms with van der Waals surface area (Å²) in [6.45, 7) is 2.34. The average molecular weight is 245 g/mol. The summed E-state index contributed by atoms with van der Waals surface area (Å²) < 4.78 is 7.50. The molecule has 0 bridgehead atoms. The van der Waals surface area contributed by atoms with Gasteiger partial charge in [0, 0.05) is 31.6 Å². The predicted octanol–water partition coefficient (Wildman–Crippen LogP) is 1.76. The Morgan fingerprint density at radius 1 is 1.33 bits per heavy atom. The first kappa shape index (κ1) is 11.7. The molecule has 4 nitrogen and oxygen atoms in total. The molecule has 2 aromatic rings. The minimum absolute atomic E-state index is 0.546. The first-order chi connectivity index (χ1) is 8.86. The van der Waals surface area contributed by atoms with Gasteiger partial charge < -0.3 is 14.9 Å². The zero-order valence-electron chi connectivity index (χ0n) is 10.5. The van der Waals surface area contributed by atoms with Crippen LogP contribution in [0.2, 0.25) is 0 Å². The van der Waals surface area contributed by atoms with E-state index in [0.717, 1.165) is 43.8 Å². The number of fused-ring (bicyclic) bond motifs is 1. The van der Waals surface area contributed by atoms with Crippen molar-refractivity contribution in [1.29, 1.82) is 0 Å². The first-order valence-corrected chi connectivity index (χ1v) is 6.60. The molecule has 0 aromatic carbocycles. The molecule has 3 rings (SSSR count). The van der Waals surface area contributed by atoms with Gasteiger partial charge in [-0.3, -0.25) is 0 Å². The number of hydrogen-bond acceptors (Lipinski definition) is 3. The smallest absolute Gasteiger partial charge is 0.137 e. The Hall–Kier alpha value is -1.39. The highest BCUT2D eigenvalue weighted by molar-refractivity contribution is 5.41. The number of rotatable bonds is 3. The van der Waals surface area contributed by atoms with Crippen LogP contribution in [0.3, 0.4) is 0 Å². The van der Waals surface area contributed by atoms with Gasteiger partial charge in [-0.2, -0.15) is 0 Å². The van der Waals surface area contributed by atoms with E-state index in [1.165, 1.54) is 5.69 Å². The molecule has 1 fully saturated rings. The van der Waals surface area contributed by atoms with Gasteiger partial charge in [-0.25, -0.2) is 4.98 Å². The Kier molecular flexibility index (Phi) is 3.30. The van der Waals surface area contributed by atoms with Crippen molar-refractivity contribution in [2.45, 2.75) is 25.8 Å². The minimum Gasteiger partial charge on any atom is -0.381 e. The lowest BCUT2D eigenvalue weighted by Crippen LogP contribution is -2.17. The van der Waals surface area contributed by atoms with Crippen LogP contribution in [0.4, 0.5) is 0 Å². The summed E-state index contributed by atoms with van der Waals surface area (Å²) in [7, 11) is 0. The van der Waals surface area contributed by atoms with Crippen molar-refractivity contribution in [3.63, 3.8) is 0 Å². The summed E-state index contributed by atoms with van der Waals surface area (Å²) in [4.78, 5) is 4.68. The van der Waals surface area contributed by atoms with E-state index in [0.29, 0.717) is 12.5 Å². The summed E-state index contributed by atoms with van der Waals surface area (Å²) in [5, 5.41) is 0. The van der Waals surface area contributed by atoms with E-state index < -0.39 is 0 Å². The van der Waals surface area contributed by atoms with Crippen molar-refractivity contribution >= 4 is 5.65 Å². The molecular formula is C14H19N3O. The number of nitrogens with two attached hydrogens (primary N) is 1. The van der Waals surface area contributed by atoms with Crippen molar-refractivity contribution in [3.8, 4) is 0 Å². The third-order valence-electron chi connectivity index (χ3n) is 3.67. The van der Waals surface area contributed by atoms with Crippen LogP contribution in [0, 0.1) is 5.92 Å². The van der Waals surface area contributed by atoms with Crippen LogP contribution in [-0.4, -0.2) is 22.6 Å². The maximum Gasteiger partial charge on any atom is 0.137 e. The standard InChI is InChI=1S/C14H19N3O/c15-9-13-2-1-3-14-16-12(10-17(13)14)8-11-4-6-18-7-5-11/h1-3,10-11H,4-9,15H2. The van der Waals surface area contributed by atoms with Gasteiger partial charge >= 0.3 is 0 Å². The average Bonchev–Trinajstić information content (AvgIpc) is 2.82. The Morgan fingerprint density at radius 3 is 2.94 bits per heavy atom. The molecule has 2 aromatic heterocycles. The lowest BCUT2D eigenvalue weighted by molar-refractivity contribution is 0.0663. The third-order valence-corrected chi connectivity index (χ3v) is 3.67. The van der Waals surface area contributed by atoms with Gasteiger partial charge in [0.05, 0.1) is 5.69 Å². The summed E-state index contributed by atoms with van der Waals surface area (Å²) in [5.74, 6) is 0.713. The second-order valence-electron chi connectivity index (χ2n) is 4.94. The van der Waals surface area contributed by atoms with Crippen molar-refractivity contribution < 1.29 is 4.74 Å². The molecule has 0 atom stereocenters.